The number of hydrogen-bond donors (Lipinski definition) is 2. The lowest BCUT2D eigenvalue weighted by Gasteiger charge is -2.04. The summed E-state index contributed by atoms with van der Waals surface area (Å²) in [5.41, 5.74) is 4.21. The predicted octanol–water partition coefficient (Wildman–Crippen LogP) is 2.54. The van der Waals surface area contributed by atoms with Crippen molar-refractivity contribution in [1.29, 1.82) is 0 Å². The minimum absolute atomic E-state index is 0.255. The molecule has 0 fully saturated rings. The van der Waals surface area contributed by atoms with Crippen LogP contribution >= 0.6 is 0 Å². The first-order chi connectivity index (χ1) is 8.79. The number of rotatable bonds is 3. The number of aliphatic hydroxyl groups excluding tert-OH is 1. The van der Waals surface area contributed by atoms with E-state index in [1.54, 1.807) is 0 Å². The van der Waals surface area contributed by atoms with Gasteiger partial charge in [0.2, 0.25) is 0 Å². The summed E-state index contributed by atoms with van der Waals surface area (Å²) in [5, 5.41) is 18.9. The van der Waals surface area contributed by atoms with E-state index < -0.39 is 6.29 Å². The van der Waals surface area contributed by atoms with Crippen molar-refractivity contribution in [3.05, 3.63) is 71.8 Å². The highest BCUT2D eigenvalue weighted by Crippen LogP contribution is 2.54. The van der Waals surface area contributed by atoms with Crippen molar-refractivity contribution in [1.82, 2.24) is 0 Å². The summed E-state index contributed by atoms with van der Waals surface area (Å²) in [6.07, 6.45) is -1.32. The van der Waals surface area contributed by atoms with Crippen molar-refractivity contribution in [3.63, 3.8) is 0 Å². The van der Waals surface area contributed by atoms with Gasteiger partial charge in [-0.15, -0.1) is 0 Å². The zero-order valence-corrected chi connectivity index (χ0v) is 9.82. The van der Waals surface area contributed by atoms with Gasteiger partial charge in [0.25, 0.3) is 0 Å². The summed E-state index contributed by atoms with van der Waals surface area (Å²) < 4.78 is 0. The van der Waals surface area contributed by atoms with Crippen LogP contribution in [0.25, 0.3) is 11.1 Å². The molecule has 90 valence electrons. The summed E-state index contributed by atoms with van der Waals surface area (Å²) in [6, 6.07) is 19.8. The number of hydrogen-bond acceptors (Lipinski definition) is 2. The fourth-order valence-electron chi connectivity index (χ4n) is 2.44. The van der Waals surface area contributed by atoms with E-state index in [0.717, 1.165) is 22.3 Å². The van der Waals surface area contributed by atoms with Gasteiger partial charge in [-0.25, -0.2) is 0 Å². The minimum atomic E-state index is -1.32. The molecular formula is C16H14O2. The highest BCUT2D eigenvalue weighted by atomic mass is 16.5. The van der Waals surface area contributed by atoms with Crippen LogP contribution in [0.5, 0.6) is 0 Å². The van der Waals surface area contributed by atoms with Crippen molar-refractivity contribution >= 4 is 11.1 Å². The molecule has 1 aliphatic rings. The maximum absolute atomic E-state index is 9.47. The summed E-state index contributed by atoms with van der Waals surface area (Å²) in [4.78, 5) is 0. The monoisotopic (exact) mass is 238 g/mol. The molecule has 18 heavy (non-hydrogen) atoms. The zero-order chi connectivity index (χ0) is 12.5. The van der Waals surface area contributed by atoms with E-state index >= 15 is 0 Å². The van der Waals surface area contributed by atoms with E-state index in [1.165, 1.54) is 0 Å². The average molecular weight is 238 g/mol. The van der Waals surface area contributed by atoms with Gasteiger partial charge in [-0.05, 0) is 22.3 Å². The first-order valence-electron chi connectivity index (χ1n) is 6.00. The van der Waals surface area contributed by atoms with Gasteiger partial charge in [-0.2, -0.15) is 0 Å². The van der Waals surface area contributed by atoms with Gasteiger partial charge in [-0.3, -0.25) is 0 Å². The Morgan fingerprint density at radius 3 is 1.39 bits per heavy atom. The summed E-state index contributed by atoms with van der Waals surface area (Å²) >= 11 is 0. The summed E-state index contributed by atoms with van der Waals surface area (Å²) in [7, 11) is 0. The maximum Gasteiger partial charge on any atom is 0.162 e. The fraction of sp³-hybridized carbons (Fsp3) is 0.125. The van der Waals surface area contributed by atoms with Crippen LogP contribution in [0.4, 0.5) is 0 Å². The molecule has 0 amide bonds. The molecule has 1 aliphatic carbocycles. The lowest BCUT2D eigenvalue weighted by Crippen LogP contribution is -2.10. The van der Waals surface area contributed by atoms with Gasteiger partial charge < -0.3 is 10.2 Å². The van der Waals surface area contributed by atoms with Gasteiger partial charge in [0.15, 0.2) is 6.29 Å². The summed E-state index contributed by atoms with van der Waals surface area (Å²) in [6.45, 7) is 0. The normalized spacial score (nSPS) is 15.3. The molecule has 0 saturated carbocycles. The SMILES string of the molecule is OC(O)C1C(c2ccccc2)=C1c1ccccc1. The average Bonchev–Trinajstić information content (AvgIpc) is 3.16. The third-order valence-electron chi connectivity index (χ3n) is 3.30. The lowest BCUT2D eigenvalue weighted by atomic mass is 10.1. The zero-order valence-electron chi connectivity index (χ0n) is 9.82. The largest absolute Gasteiger partial charge is 0.367 e. The highest BCUT2D eigenvalue weighted by molar-refractivity contribution is 6.10. The molecule has 0 radical (unpaired) electrons. The van der Waals surface area contributed by atoms with Gasteiger partial charge in [0.1, 0.15) is 0 Å². The van der Waals surface area contributed by atoms with Gasteiger partial charge in [-0.1, -0.05) is 60.7 Å². The molecule has 0 spiro atoms. The van der Waals surface area contributed by atoms with E-state index in [4.69, 9.17) is 0 Å². The Balaban J connectivity index is 2.03. The second kappa shape index (κ2) is 4.41. The second-order valence-corrected chi connectivity index (χ2v) is 4.45. The smallest absolute Gasteiger partial charge is 0.162 e. The maximum atomic E-state index is 9.47. The van der Waals surface area contributed by atoms with Crippen LogP contribution in [0.2, 0.25) is 0 Å². The Morgan fingerprint density at radius 1 is 0.667 bits per heavy atom. The van der Waals surface area contributed by atoms with Crippen LogP contribution in [0.3, 0.4) is 0 Å². The van der Waals surface area contributed by atoms with E-state index in [1.807, 2.05) is 60.7 Å². The quantitative estimate of drug-likeness (QED) is 0.807. The van der Waals surface area contributed by atoms with Crippen molar-refractivity contribution in [2.24, 2.45) is 5.92 Å². The third-order valence-corrected chi connectivity index (χ3v) is 3.30. The predicted molar refractivity (Wildman–Crippen MR) is 71.4 cm³/mol. The molecule has 2 aromatic carbocycles. The second-order valence-electron chi connectivity index (χ2n) is 4.45. The molecule has 0 aliphatic heterocycles. The molecule has 0 aromatic heterocycles. The molecule has 2 N–H and O–H groups in total. The van der Waals surface area contributed by atoms with Crippen molar-refractivity contribution < 1.29 is 10.2 Å². The molecule has 0 atom stereocenters. The van der Waals surface area contributed by atoms with Gasteiger partial charge >= 0.3 is 0 Å². The van der Waals surface area contributed by atoms with Crippen LogP contribution in [0.1, 0.15) is 11.1 Å². The minimum Gasteiger partial charge on any atom is -0.367 e. The van der Waals surface area contributed by atoms with Crippen molar-refractivity contribution in [3.8, 4) is 0 Å². The molecule has 2 nitrogen and oxygen atoms in total. The fourth-order valence-corrected chi connectivity index (χ4v) is 2.44. The molecule has 0 bridgehead atoms. The standard InChI is InChI=1S/C16H14O2/c17-16(18)15-13(11-7-3-1-4-8-11)14(15)12-9-5-2-6-10-12/h1-10,15-18H. The van der Waals surface area contributed by atoms with Crippen LogP contribution in [0, 0.1) is 5.92 Å². The molecule has 2 aromatic rings. The van der Waals surface area contributed by atoms with E-state index in [-0.39, 0.29) is 5.92 Å². The van der Waals surface area contributed by atoms with E-state index in [0.29, 0.717) is 0 Å². The Labute approximate surface area is 106 Å². The van der Waals surface area contributed by atoms with Crippen LogP contribution in [-0.2, 0) is 0 Å². The number of aliphatic hydroxyl groups is 2. The van der Waals surface area contributed by atoms with Crippen molar-refractivity contribution in [2.75, 3.05) is 0 Å². The molecule has 0 saturated heterocycles. The van der Waals surface area contributed by atoms with Crippen molar-refractivity contribution in [2.45, 2.75) is 6.29 Å². The Morgan fingerprint density at radius 2 is 1.06 bits per heavy atom. The van der Waals surface area contributed by atoms with Gasteiger partial charge in [0, 0.05) is 0 Å². The molecule has 3 rings (SSSR count). The number of benzene rings is 2. The third kappa shape index (κ3) is 1.86. The molecule has 0 unspecified atom stereocenters. The van der Waals surface area contributed by atoms with Gasteiger partial charge in [0.05, 0.1) is 5.92 Å². The molecule has 0 heterocycles. The topological polar surface area (TPSA) is 40.5 Å². The first kappa shape index (κ1) is 11.2. The highest BCUT2D eigenvalue weighted by Gasteiger charge is 2.42. The Bertz CT molecular complexity index is 521. The Hall–Kier alpha value is -1.90. The Kier molecular flexibility index (Phi) is 2.74. The molecule has 2 heteroatoms. The first-order valence-corrected chi connectivity index (χ1v) is 6.00. The van der Waals surface area contributed by atoms with Crippen LogP contribution in [0.15, 0.2) is 60.7 Å². The van der Waals surface area contributed by atoms with Crippen LogP contribution in [-0.4, -0.2) is 16.5 Å². The van der Waals surface area contributed by atoms with E-state index in [9.17, 15) is 10.2 Å². The lowest BCUT2D eigenvalue weighted by molar-refractivity contribution is -0.0470. The summed E-state index contributed by atoms with van der Waals surface area (Å²) in [5.74, 6) is -0.255. The van der Waals surface area contributed by atoms with Crippen LogP contribution < -0.4 is 0 Å². The van der Waals surface area contributed by atoms with E-state index in [2.05, 4.69) is 0 Å². The molecular weight excluding hydrogens is 224 g/mol.